The van der Waals surface area contributed by atoms with Crippen LogP contribution in [0, 0.1) is 15.9 Å². The van der Waals surface area contributed by atoms with Gasteiger partial charge in [0.1, 0.15) is 5.75 Å². The molecule has 0 radical (unpaired) electrons. The predicted octanol–water partition coefficient (Wildman–Crippen LogP) is 2.51. The Morgan fingerprint density at radius 1 is 1.62 bits per heavy atom. The van der Waals surface area contributed by atoms with Crippen molar-refractivity contribution in [1.29, 1.82) is 0 Å². The van der Waals surface area contributed by atoms with E-state index in [1.54, 1.807) is 0 Å². The van der Waals surface area contributed by atoms with Gasteiger partial charge in [0, 0.05) is 12.1 Å². The molecule has 0 amide bonds. The first-order valence-corrected chi connectivity index (χ1v) is 4.03. The Labute approximate surface area is 81.6 Å². The molecule has 0 N–H and O–H groups in total. The fourth-order valence-corrected chi connectivity index (χ4v) is 1.31. The number of nitro groups is 1. The zero-order valence-electron chi connectivity index (χ0n) is 6.58. The molecule has 1 aromatic rings. The number of hydrogen-bond acceptors (Lipinski definition) is 3. The molecule has 0 aliphatic heterocycles. The third-order valence-corrected chi connectivity index (χ3v) is 2.04. The molecule has 13 heavy (non-hydrogen) atoms. The van der Waals surface area contributed by atoms with Crippen molar-refractivity contribution in [2.24, 2.45) is 0 Å². The molecule has 4 nitrogen and oxygen atoms in total. The van der Waals surface area contributed by atoms with E-state index in [9.17, 15) is 14.5 Å². The smallest absolute Gasteiger partial charge is 0.306 e. The van der Waals surface area contributed by atoms with Crippen molar-refractivity contribution in [1.82, 2.24) is 0 Å². The summed E-state index contributed by atoms with van der Waals surface area (Å²) in [5.41, 5.74) is -0.576. The van der Waals surface area contributed by atoms with E-state index in [0.717, 1.165) is 12.1 Å². The van der Waals surface area contributed by atoms with Crippen LogP contribution in [0.1, 0.15) is 0 Å². The Kier molecular flexibility index (Phi) is 2.82. The summed E-state index contributed by atoms with van der Waals surface area (Å²) < 4.78 is 18.0. The van der Waals surface area contributed by atoms with Crippen molar-refractivity contribution in [2.45, 2.75) is 0 Å². The predicted molar refractivity (Wildman–Crippen MR) is 47.3 cm³/mol. The molecule has 0 spiro atoms. The minimum atomic E-state index is -0.912. The highest BCUT2D eigenvalue weighted by molar-refractivity contribution is 9.10. The highest BCUT2D eigenvalue weighted by atomic mass is 79.9. The van der Waals surface area contributed by atoms with Crippen LogP contribution in [-0.4, -0.2) is 12.0 Å². The van der Waals surface area contributed by atoms with Gasteiger partial charge in [0.15, 0.2) is 0 Å². The Balaban J connectivity index is 3.28. The minimum Gasteiger partial charge on any atom is -0.495 e. The van der Waals surface area contributed by atoms with E-state index in [1.807, 2.05) is 0 Å². The summed E-state index contributed by atoms with van der Waals surface area (Å²) in [7, 11) is 1.35. The van der Waals surface area contributed by atoms with Crippen molar-refractivity contribution in [2.75, 3.05) is 7.11 Å². The van der Waals surface area contributed by atoms with Crippen LogP contribution in [0.4, 0.5) is 10.1 Å². The number of rotatable bonds is 2. The quantitative estimate of drug-likeness (QED) is 0.598. The van der Waals surface area contributed by atoms with Gasteiger partial charge in [-0.15, -0.1) is 0 Å². The van der Waals surface area contributed by atoms with Crippen LogP contribution in [0.3, 0.4) is 0 Å². The summed E-state index contributed by atoms with van der Waals surface area (Å²) >= 11 is 3.01. The maximum Gasteiger partial charge on any atom is 0.306 e. The molecule has 0 atom stereocenters. The fourth-order valence-electron chi connectivity index (χ4n) is 0.814. The second kappa shape index (κ2) is 3.69. The van der Waals surface area contributed by atoms with Gasteiger partial charge >= 0.3 is 5.69 Å². The lowest BCUT2D eigenvalue weighted by Crippen LogP contribution is -1.94. The van der Waals surface area contributed by atoms with E-state index in [1.165, 1.54) is 7.11 Å². The number of ether oxygens (including phenoxy) is 1. The summed E-state index contributed by atoms with van der Waals surface area (Å²) in [6.07, 6.45) is 0. The molecular formula is C7H5BrFNO3. The maximum absolute atomic E-state index is 12.9. The first-order chi connectivity index (χ1) is 6.06. The molecule has 1 rings (SSSR count). The van der Waals surface area contributed by atoms with Gasteiger partial charge in [0.05, 0.1) is 16.5 Å². The van der Waals surface area contributed by atoms with Gasteiger partial charge in [0.2, 0.25) is 5.82 Å². The highest BCUT2D eigenvalue weighted by Crippen LogP contribution is 2.31. The third kappa shape index (κ3) is 1.95. The van der Waals surface area contributed by atoms with Gasteiger partial charge in [-0.25, -0.2) is 0 Å². The van der Waals surface area contributed by atoms with Crippen LogP contribution in [-0.2, 0) is 0 Å². The topological polar surface area (TPSA) is 52.4 Å². The molecule has 0 heterocycles. The number of hydrogen-bond donors (Lipinski definition) is 0. The second-order valence-electron chi connectivity index (χ2n) is 2.20. The van der Waals surface area contributed by atoms with E-state index in [2.05, 4.69) is 15.9 Å². The maximum atomic E-state index is 12.9. The van der Waals surface area contributed by atoms with Gasteiger partial charge in [0.25, 0.3) is 0 Å². The number of halogens is 2. The molecule has 70 valence electrons. The van der Waals surface area contributed by atoms with Crippen LogP contribution in [0.25, 0.3) is 0 Å². The molecule has 0 saturated heterocycles. The van der Waals surface area contributed by atoms with E-state index in [4.69, 9.17) is 4.74 Å². The second-order valence-corrected chi connectivity index (χ2v) is 3.05. The van der Waals surface area contributed by atoms with E-state index >= 15 is 0 Å². The molecule has 0 bridgehead atoms. The molecule has 0 saturated carbocycles. The molecule has 0 unspecified atom stereocenters. The summed E-state index contributed by atoms with van der Waals surface area (Å²) in [6.45, 7) is 0. The Bertz CT molecular complexity index is 356. The van der Waals surface area contributed by atoms with E-state index in [-0.39, 0.29) is 5.75 Å². The number of nitro benzene ring substituents is 1. The van der Waals surface area contributed by atoms with Gasteiger partial charge in [-0.05, 0) is 15.9 Å². The summed E-state index contributed by atoms with van der Waals surface area (Å²) in [5, 5.41) is 10.3. The zero-order valence-corrected chi connectivity index (χ0v) is 8.17. The molecule has 0 aliphatic rings. The van der Waals surface area contributed by atoms with Gasteiger partial charge in [-0.3, -0.25) is 10.1 Å². The number of nitrogens with zero attached hydrogens (tertiary/aromatic N) is 1. The first kappa shape index (κ1) is 9.91. The normalized spacial score (nSPS) is 9.77. The van der Waals surface area contributed by atoms with Crippen molar-refractivity contribution < 1.29 is 14.1 Å². The number of benzene rings is 1. The molecule has 6 heteroatoms. The van der Waals surface area contributed by atoms with Crippen LogP contribution >= 0.6 is 15.9 Å². The first-order valence-electron chi connectivity index (χ1n) is 3.23. The zero-order chi connectivity index (χ0) is 10.0. The summed E-state index contributed by atoms with van der Waals surface area (Å²) in [5.74, 6) is -0.687. The Morgan fingerprint density at radius 3 is 2.69 bits per heavy atom. The van der Waals surface area contributed by atoms with E-state index in [0.29, 0.717) is 4.47 Å². The lowest BCUT2D eigenvalue weighted by atomic mass is 10.3. The van der Waals surface area contributed by atoms with Crippen LogP contribution in [0.2, 0.25) is 0 Å². The van der Waals surface area contributed by atoms with E-state index < -0.39 is 16.4 Å². The van der Waals surface area contributed by atoms with Crippen LogP contribution in [0.5, 0.6) is 5.75 Å². The third-order valence-electron chi connectivity index (χ3n) is 1.42. The molecule has 0 fully saturated rings. The van der Waals surface area contributed by atoms with Gasteiger partial charge in [-0.2, -0.15) is 4.39 Å². The van der Waals surface area contributed by atoms with Crippen molar-refractivity contribution >= 4 is 21.6 Å². The van der Waals surface area contributed by atoms with Crippen LogP contribution in [0.15, 0.2) is 16.6 Å². The minimum absolute atomic E-state index is 0.225. The lowest BCUT2D eigenvalue weighted by Gasteiger charge is -2.02. The van der Waals surface area contributed by atoms with Crippen molar-refractivity contribution in [3.05, 3.63) is 32.5 Å². The molecular weight excluding hydrogens is 245 g/mol. The Morgan fingerprint density at radius 2 is 2.23 bits per heavy atom. The summed E-state index contributed by atoms with van der Waals surface area (Å²) in [6, 6.07) is 2.02. The Hall–Kier alpha value is -1.17. The average Bonchev–Trinajstić information content (AvgIpc) is 2.07. The highest BCUT2D eigenvalue weighted by Gasteiger charge is 2.17. The van der Waals surface area contributed by atoms with Gasteiger partial charge < -0.3 is 4.74 Å². The average molecular weight is 250 g/mol. The standard InChI is InChI=1S/C7H5BrFNO3/c1-13-7-3-5(9)6(10(11)12)2-4(7)8/h2-3H,1H3. The SMILES string of the molecule is COc1cc(F)c([N+](=O)[O-])cc1Br. The lowest BCUT2D eigenvalue weighted by molar-refractivity contribution is -0.387. The van der Waals surface area contributed by atoms with Gasteiger partial charge in [-0.1, -0.05) is 0 Å². The van der Waals surface area contributed by atoms with Crippen molar-refractivity contribution in [3.63, 3.8) is 0 Å². The molecule has 0 aliphatic carbocycles. The largest absolute Gasteiger partial charge is 0.495 e. The molecule has 0 aromatic heterocycles. The monoisotopic (exact) mass is 249 g/mol. The van der Waals surface area contributed by atoms with Crippen LogP contribution < -0.4 is 4.74 Å². The van der Waals surface area contributed by atoms with Crippen molar-refractivity contribution in [3.8, 4) is 5.75 Å². The fraction of sp³-hybridized carbons (Fsp3) is 0.143. The summed E-state index contributed by atoms with van der Waals surface area (Å²) in [4.78, 5) is 9.49. The number of methoxy groups -OCH3 is 1. The molecule has 1 aromatic carbocycles.